The third-order valence-corrected chi connectivity index (χ3v) is 1.48. The van der Waals surface area contributed by atoms with E-state index in [0.29, 0.717) is 0 Å². The number of hydrogen-bond donors (Lipinski definition) is 2. The minimum absolute atomic E-state index is 0.177. The summed E-state index contributed by atoms with van der Waals surface area (Å²) in [5.41, 5.74) is 0. The Balaban J connectivity index is 3.58. The monoisotopic (exact) mass is 184 g/mol. The molecule has 0 bridgehead atoms. The number of alkyl halides is 1. The van der Waals surface area contributed by atoms with Crippen LogP contribution in [0.15, 0.2) is 0 Å². The van der Waals surface area contributed by atoms with Crippen LogP contribution in [-0.2, 0) is 9.47 Å². The van der Waals surface area contributed by atoms with Gasteiger partial charge in [0.15, 0.2) is 6.29 Å². The second-order valence-electron chi connectivity index (χ2n) is 1.94. The van der Waals surface area contributed by atoms with Gasteiger partial charge in [-0.05, 0) is 0 Å². The molecule has 0 aliphatic heterocycles. The van der Waals surface area contributed by atoms with E-state index in [9.17, 15) is 0 Å². The van der Waals surface area contributed by atoms with Crippen LogP contribution in [0.5, 0.6) is 0 Å². The Morgan fingerprint density at radius 2 is 2.00 bits per heavy atom. The molecule has 0 aliphatic carbocycles. The summed E-state index contributed by atoms with van der Waals surface area (Å²) in [5.74, 6) is 0.177. The smallest absolute Gasteiger partial charge is 0.180 e. The maximum absolute atomic E-state index is 8.62. The van der Waals surface area contributed by atoms with Gasteiger partial charge in [-0.15, -0.1) is 11.6 Å². The Kier molecular flexibility index (Phi) is 6.90. The van der Waals surface area contributed by atoms with E-state index in [1.165, 1.54) is 7.11 Å². The topological polar surface area (TPSA) is 58.9 Å². The van der Waals surface area contributed by atoms with Gasteiger partial charge >= 0.3 is 0 Å². The summed E-state index contributed by atoms with van der Waals surface area (Å²) >= 11 is 5.40. The van der Waals surface area contributed by atoms with Gasteiger partial charge in [0.2, 0.25) is 0 Å². The third kappa shape index (κ3) is 4.55. The van der Waals surface area contributed by atoms with Crippen LogP contribution in [0, 0.1) is 0 Å². The fraction of sp³-hybridized carbons (Fsp3) is 1.00. The minimum Gasteiger partial charge on any atom is -0.394 e. The Labute approximate surface area is 70.7 Å². The van der Waals surface area contributed by atoms with Crippen LogP contribution in [-0.4, -0.2) is 48.8 Å². The van der Waals surface area contributed by atoms with Crippen molar-refractivity contribution in [1.29, 1.82) is 0 Å². The molecule has 68 valence electrons. The second-order valence-corrected chi connectivity index (χ2v) is 2.25. The van der Waals surface area contributed by atoms with Crippen LogP contribution in [0.2, 0.25) is 0 Å². The number of aliphatic hydroxyl groups is 2. The highest BCUT2D eigenvalue weighted by atomic mass is 35.5. The molecule has 0 saturated carbocycles. The summed E-state index contributed by atoms with van der Waals surface area (Å²) in [4.78, 5) is 0. The van der Waals surface area contributed by atoms with Crippen LogP contribution in [0.4, 0.5) is 0 Å². The summed E-state index contributed by atoms with van der Waals surface area (Å²) < 4.78 is 9.68. The Hall–Kier alpha value is 0.130. The molecule has 0 unspecified atom stereocenters. The van der Waals surface area contributed by atoms with E-state index in [4.69, 9.17) is 31.3 Å². The van der Waals surface area contributed by atoms with Gasteiger partial charge in [0.05, 0.1) is 25.2 Å². The van der Waals surface area contributed by atoms with Gasteiger partial charge in [-0.25, -0.2) is 0 Å². The molecule has 0 amide bonds. The number of methoxy groups -OCH3 is 1. The summed E-state index contributed by atoms with van der Waals surface area (Å²) in [6, 6.07) is 0. The highest BCUT2D eigenvalue weighted by Crippen LogP contribution is 2.00. The molecule has 2 N–H and O–H groups in total. The lowest BCUT2D eigenvalue weighted by Gasteiger charge is -2.18. The van der Waals surface area contributed by atoms with E-state index in [0.717, 1.165) is 0 Å². The predicted octanol–water partition coefficient (Wildman–Crippen LogP) is -0.433. The maximum atomic E-state index is 8.62. The quantitative estimate of drug-likeness (QED) is 0.435. The lowest BCUT2D eigenvalue weighted by atomic mass is 10.4. The first-order valence-corrected chi connectivity index (χ1v) is 3.77. The van der Waals surface area contributed by atoms with Crippen molar-refractivity contribution < 1.29 is 19.7 Å². The zero-order chi connectivity index (χ0) is 8.69. The summed E-state index contributed by atoms with van der Waals surface area (Å²) in [7, 11) is 1.41. The van der Waals surface area contributed by atoms with E-state index < -0.39 is 12.4 Å². The van der Waals surface area contributed by atoms with E-state index in [1.807, 2.05) is 0 Å². The first kappa shape index (κ1) is 11.1. The van der Waals surface area contributed by atoms with Crippen molar-refractivity contribution in [2.75, 3.05) is 26.2 Å². The first-order valence-electron chi connectivity index (χ1n) is 3.24. The highest BCUT2D eigenvalue weighted by Gasteiger charge is 2.13. The fourth-order valence-corrected chi connectivity index (χ4v) is 0.686. The standard InChI is InChI=1S/C6H13ClO4/c1-10-6(4-9)11-5(2-7)3-8/h5-6,8-9H,2-4H2,1H3/t5-,6+/m1/s1. The predicted molar refractivity (Wildman–Crippen MR) is 40.6 cm³/mol. The van der Waals surface area contributed by atoms with E-state index >= 15 is 0 Å². The minimum atomic E-state index is -0.703. The van der Waals surface area contributed by atoms with Crippen LogP contribution in [0.1, 0.15) is 0 Å². The van der Waals surface area contributed by atoms with Crippen molar-refractivity contribution in [2.24, 2.45) is 0 Å². The molecule has 0 saturated heterocycles. The van der Waals surface area contributed by atoms with Crippen molar-refractivity contribution in [3.05, 3.63) is 0 Å². The molecule has 0 radical (unpaired) electrons. The van der Waals surface area contributed by atoms with Crippen LogP contribution in [0.25, 0.3) is 0 Å². The van der Waals surface area contributed by atoms with Gasteiger partial charge in [0.1, 0.15) is 0 Å². The molecule has 0 aromatic carbocycles. The molecule has 5 heteroatoms. The lowest BCUT2D eigenvalue weighted by molar-refractivity contribution is -0.175. The van der Waals surface area contributed by atoms with Crippen molar-refractivity contribution in [1.82, 2.24) is 0 Å². The molecule has 0 rings (SSSR count). The summed E-state index contributed by atoms with van der Waals surface area (Å²) in [6.45, 7) is -0.423. The molecule has 0 spiro atoms. The highest BCUT2D eigenvalue weighted by molar-refractivity contribution is 6.18. The van der Waals surface area contributed by atoms with Crippen molar-refractivity contribution >= 4 is 11.6 Å². The van der Waals surface area contributed by atoms with Gasteiger partial charge < -0.3 is 19.7 Å². The zero-order valence-corrected chi connectivity index (χ0v) is 7.12. The van der Waals surface area contributed by atoms with Gasteiger partial charge in [0.25, 0.3) is 0 Å². The van der Waals surface area contributed by atoms with Crippen molar-refractivity contribution in [3.63, 3.8) is 0 Å². The number of aliphatic hydroxyl groups excluding tert-OH is 2. The molecule has 11 heavy (non-hydrogen) atoms. The SMILES string of the molecule is CO[C@H](CO)O[C@@H](CO)CCl. The maximum Gasteiger partial charge on any atom is 0.180 e. The Bertz CT molecular complexity index is 72.7. The normalized spacial score (nSPS) is 16.4. The average Bonchev–Trinajstić information content (AvgIpc) is 2.07. The molecule has 0 aromatic rings. The number of halogens is 1. The van der Waals surface area contributed by atoms with E-state index in [1.54, 1.807) is 0 Å². The number of rotatable bonds is 6. The van der Waals surface area contributed by atoms with Crippen LogP contribution in [0.3, 0.4) is 0 Å². The van der Waals surface area contributed by atoms with Crippen molar-refractivity contribution in [3.8, 4) is 0 Å². The third-order valence-electron chi connectivity index (χ3n) is 1.13. The largest absolute Gasteiger partial charge is 0.394 e. The number of ether oxygens (including phenoxy) is 2. The van der Waals surface area contributed by atoms with Gasteiger partial charge in [-0.3, -0.25) is 0 Å². The molecular weight excluding hydrogens is 172 g/mol. The molecule has 0 heterocycles. The molecular formula is C6H13ClO4. The summed E-state index contributed by atoms with van der Waals surface area (Å²) in [6.07, 6.45) is -1.18. The first-order chi connectivity index (χ1) is 5.28. The van der Waals surface area contributed by atoms with E-state index in [-0.39, 0.29) is 19.1 Å². The Morgan fingerprint density at radius 3 is 2.27 bits per heavy atom. The number of hydrogen-bond acceptors (Lipinski definition) is 4. The Morgan fingerprint density at radius 1 is 1.36 bits per heavy atom. The van der Waals surface area contributed by atoms with Crippen LogP contribution >= 0.6 is 11.6 Å². The average molecular weight is 185 g/mol. The van der Waals surface area contributed by atoms with Gasteiger partial charge in [-0.2, -0.15) is 0 Å². The van der Waals surface area contributed by atoms with Gasteiger partial charge in [0, 0.05) is 7.11 Å². The molecule has 2 atom stereocenters. The lowest BCUT2D eigenvalue weighted by Crippen LogP contribution is -2.30. The second kappa shape index (κ2) is 6.82. The zero-order valence-electron chi connectivity index (χ0n) is 6.36. The van der Waals surface area contributed by atoms with Crippen LogP contribution < -0.4 is 0 Å². The molecule has 4 nitrogen and oxygen atoms in total. The van der Waals surface area contributed by atoms with Gasteiger partial charge in [-0.1, -0.05) is 0 Å². The van der Waals surface area contributed by atoms with E-state index in [2.05, 4.69) is 0 Å². The fourth-order valence-electron chi connectivity index (χ4n) is 0.516. The molecule has 0 fully saturated rings. The molecule has 0 aromatic heterocycles. The van der Waals surface area contributed by atoms with Crippen molar-refractivity contribution in [2.45, 2.75) is 12.4 Å². The summed E-state index contributed by atoms with van der Waals surface area (Å²) in [5, 5.41) is 17.2. The molecule has 0 aliphatic rings.